The van der Waals surface area contributed by atoms with Crippen molar-refractivity contribution in [3.63, 3.8) is 0 Å². The maximum atomic E-state index is 11.3. The predicted molar refractivity (Wildman–Crippen MR) is 78.5 cm³/mol. The molecule has 1 aromatic heterocycles. The summed E-state index contributed by atoms with van der Waals surface area (Å²) in [5.41, 5.74) is 0.566. The third-order valence-electron chi connectivity index (χ3n) is 3.11. The van der Waals surface area contributed by atoms with E-state index < -0.39 is 11.5 Å². The minimum Gasteiger partial charge on any atom is -0.503 e. The number of aromatic nitrogens is 1. The monoisotopic (exact) mass is 313 g/mol. The summed E-state index contributed by atoms with van der Waals surface area (Å²) in [5, 5.41) is 20.6. The molecule has 1 aromatic carbocycles. The normalized spacial score (nSPS) is 12.4. The van der Waals surface area contributed by atoms with Crippen LogP contribution < -0.4 is 5.43 Å². The van der Waals surface area contributed by atoms with Crippen molar-refractivity contribution in [1.82, 2.24) is 4.57 Å². The minimum absolute atomic E-state index is 0.192. The van der Waals surface area contributed by atoms with Crippen molar-refractivity contribution in [1.29, 1.82) is 0 Å². The average Bonchev–Trinajstić information content (AvgIpc) is 2.42. The Bertz CT molecular complexity index is 697. The van der Waals surface area contributed by atoms with Gasteiger partial charge < -0.3 is 14.8 Å². The molecule has 0 radical (unpaired) electrons. The van der Waals surface area contributed by atoms with Crippen LogP contribution in [0.15, 0.2) is 35.3 Å². The number of nitrogens with zero attached hydrogens (tertiary/aromatic N) is 1. The topological polar surface area (TPSA) is 62.5 Å². The summed E-state index contributed by atoms with van der Waals surface area (Å²) in [7, 11) is 0. The molecule has 0 bridgehead atoms. The zero-order valence-electron chi connectivity index (χ0n) is 10.7. The molecule has 1 heterocycles. The van der Waals surface area contributed by atoms with Crippen molar-refractivity contribution in [2.75, 3.05) is 0 Å². The van der Waals surface area contributed by atoms with E-state index in [0.29, 0.717) is 21.3 Å². The first-order chi connectivity index (χ1) is 9.40. The average molecular weight is 314 g/mol. The third kappa shape index (κ3) is 2.98. The van der Waals surface area contributed by atoms with Crippen LogP contribution in [0.1, 0.15) is 17.4 Å². The van der Waals surface area contributed by atoms with Crippen LogP contribution in [-0.2, 0) is 6.54 Å². The molecule has 6 heteroatoms. The second kappa shape index (κ2) is 5.87. The zero-order valence-corrected chi connectivity index (χ0v) is 12.2. The summed E-state index contributed by atoms with van der Waals surface area (Å²) in [6.45, 7) is 1.80. The van der Waals surface area contributed by atoms with E-state index in [0.717, 1.165) is 0 Å². The quantitative estimate of drug-likeness (QED) is 0.916. The lowest BCUT2D eigenvalue weighted by Gasteiger charge is -2.17. The number of rotatable bonds is 3. The summed E-state index contributed by atoms with van der Waals surface area (Å²) in [6, 6.07) is 6.13. The van der Waals surface area contributed by atoms with Crippen LogP contribution >= 0.6 is 23.2 Å². The van der Waals surface area contributed by atoms with Crippen molar-refractivity contribution in [2.45, 2.75) is 19.6 Å². The van der Waals surface area contributed by atoms with Gasteiger partial charge in [0.1, 0.15) is 0 Å². The fourth-order valence-corrected chi connectivity index (χ4v) is 2.18. The maximum Gasteiger partial charge on any atom is 0.223 e. The number of aliphatic hydroxyl groups is 1. The Balaban J connectivity index is 2.27. The molecular formula is C14H13Cl2NO3. The number of pyridine rings is 1. The first-order valence-corrected chi connectivity index (χ1v) is 6.67. The van der Waals surface area contributed by atoms with Crippen LogP contribution in [0.4, 0.5) is 0 Å². The van der Waals surface area contributed by atoms with Crippen LogP contribution in [-0.4, -0.2) is 14.8 Å². The van der Waals surface area contributed by atoms with Gasteiger partial charge in [-0.15, -0.1) is 0 Å². The Labute approximate surface area is 125 Å². The fraction of sp³-hybridized carbons (Fsp3) is 0.214. The van der Waals surface area contributed by atoms with Crippen LogP contribution in [0.25, 0.3) is 0 Å². The molecule has 2 rings (SSSR count). The summed E-state index contributed by atoms with van der Waals surface area (Å²) < 4.78 is 1.60. The standard InChI is InChI=1S/C14H13Cl2NO3/c1-8-14(20)12(18)4-5-17(8)7-13(19)9-2-3-10(15)11(16)6-9/h2-6,13,19-20H,7H2,1H3/t13-/m1/s1. The van der Waals surface area contributed by atoms with E-state index >= 15 is 0 Å². The van der Waals surface area contributed by atoms with Crippen molar-refractivity contribution in [3.8, 4) is 5.75 Å². The smallest absolute Gasteiger partial charge is 0.223 e. The molecule has 0 saturated heterocycles. The second-order valence-electron chi connectivity index (χ2n) is 4.46. The molecule has 0 spiro atoms. The number of aliphatic hydroxyl groups excluding tert-OH is 1. The predicted octanol–water partition coefficient (Wildman–Crippen LogP) is 2.90. The Kier molecular flexibility index (Phi) is 4.38. The first kappa shape index (κ1) is 14.9. The third-order valence-corrected chi connectivity index (χ3v) is 3.85. The van der Waals surface area contributed by atoms with E-state index in [9.17, 15) is 15.0 Å². The molecule has 4 nitrogen and oxygen atoms in total. The number of benzene rings is 1. The van der Waals surface area contributed by atoms with Gasteiger partial charge in [-0.25, -0.2) is 0 Å². The Morgan fingerprint density at radius 1 is 1.25 bits per heavy atom. The highest BCUT2D eigenvalue weighted by molar-refractivity contribution is 6.42. The molecule has 2 N–H and O–H groups in total. The second-order valence-corrected chi connectivity index (χ2v) is 5.27. The molecule has 0 aliphatic heterocycles. The van der Waals surface area contributed by atoms with Gasteiger partial charge in [0.05, 0.1) is 28.4 Å². The molecule has 0 fully saturated rings. The van der Waals surface area contributed by atoms with Crippen LogP contribution in [0.5, 0.6) is 5.75 Å². The molecule has 0 aliphatic carbocycles. The summed E-state index contributed by atoms with van der Waals surface area (Å²) in [5.74, 6) is -0.311. The van der Waals surface area contributed by atoms with Gasteiger partial charge in [0, 0.05) is 12.3 Å². The lowest BCUT2D eigenvalue weighted by molar-refractivity contribution is 0.155. The molecule has 106 valence electrons. The molecule has 0 amide bonds. The van der Waals surface area contributed by atoms with E-state index in [1.54, 1.807) is 29.7 Å². The van der Waals surface area contributed by atoms with E-state index in [4.69, 9.17) is 23.2 Å². The highest BCUT2D eigenvalue weighted by atomic mass is 35.5. The lowest BCUT2D eigenvalue weighted by atomic mass is 10.1. The van der Waals surface area contributed by atoms with Crippen molar-refractivity contribution >= 4 is 23.2 Å². The Morgan fingerprint density at radius 2 is 1.95 bits per heavy atom. The molecule has 1 atom stereocenters. The Hall–Kier alpha value is -1.49. The van der Waals surface area contributed by atoms with Crippen molar-refractivity contribution in [2.24, 2.45) is 0 Å². The molecule has 0 unspecified atom stereocenters. The largest absolute Gasteiger partial charge is 0.503 e. The van der Waals surface area contributed by atoms with Gasteiger partial charge in [0.15, 0.2) is 5.75 Å². The van der Waals surface area contributed by atoms with Crippen LogP contribution in [0, 0.1) is 6.92 Å². The van der Waals surface area contributed by atoms with Gasteiger partial charge in [-0.1, -0.05) is 29.3 Å². The highest BCUT2D eigenvalue weighted by Gasteiger charge is 2.13. The van der Waals surface area contributed by atoms with Crippen molar-refractivity contribution < 1.29 is 10.2 Å². The summed E-state index contributed by atoms with van der Waals surface area (Å²) >= 11 is 11.7. The van der Waals surface area contributed by atoms with E-state index in [-0.39, 0.29) is 12.3 Å². The van der Waals surface area contributed by atoms with E-state index in [1.807, 2.05) is 0 Å². The number of hydrogen-bond donors (Lipinski definition) is 2. The van der Waals surface area contributed by atoms with Gasteiger partial charge in [0.25, 0.3) is 0 Å². The zero-order chi connectivity index (χ0) is 14.9. The number of halogens is 2. The van der Waals surface area contributed by atoms with E-state index in [2.05, 4.69) is 0 Å². The van der Waals surface area contributed by atoms with E-state index in [1.165, 1.54) is 12.3 Å². The van der Waals surface area contributed by atoms with Gasteiger partial charge in [-0.05, 0) is 24.6 Å². The summed E-state index contributed by atoms with van der Waals surface area (Å²) in [4.78, 5) is 11.3. The van der Waals surface area contributed by atoms with Crippen LogP contribution in [0.3, 0.4) is 0 Å². The number of hydrogen-bond acceptors (Lipinski definition) is 3. The first-order valence-electron chi connectivity index (χ1n) is 5.92. The van der Waals surface area contributed by atoms with Crippen LogP contribution in [0.2, 0.25) is 10.0 Å². The molecular weight excluding hydrogens is 301 g/mol. The minimum atomic E-state index is -0.828. The van der Waals surface area contributed by atoms with Gasteiger partial charge in [-0.3, -0.25) is 4.79 Å². The number of aromatic hydroxyl groups is 1. The van der Waals surface area contributed by atoms with Gasteiger partial charge >= 0.3 is 0 Å². The fourth-order valence-electron chi connectivity index (χ4n) is 1.87. The lowest BCUT2D eigenvalue weighted by Crippen LogP contribution is -2.14. The SMILES string of the molecule is Cc1c(O)c(=O)ccn1C[C@@H](O)c1ccc(Cl)c(Cl)c1. The highest BCUT2D eigenvalue weighted by Crippen LogP contribution is 2.26. The van der Waals surface area contributed by atoms with Crippen molar-refractivity contribution in [3.05, 3.63) is 62.0 Å². The molecule has 0 aliphatic rings. The van der Waals surface area contributed by atoms with Gasteiger partial charge in [-0.2, -0.15) is 0 Å². The molecule has 0 saturated carbocycles. The Morgan fingerprint density at radius 3 is 2.60 bits per heavy atom. The maximum absolute atomic E-state index is 11.3. The molecule has 20 heavy (non-hydrogen) atoms. The molecule has 2 aromatic rings. The summed E-state index contributed by atoms with van der Waals surface area (Å²) in [6.07, 6.45) is 0.698. The van der Waals surface area contributed by atoms with Gasteiger partial charge in [0.2, 0.25) is 5.43 Å².